The Hall–Kier alpha value is -6.50. The maximum Gasteiger partial charge on any atom is -0.00201 e. The number of benzene rings is 10. The Bertz CT molecular complexity index is 2860. The van der Waals surface area contributed by atoms with E-state index in [0.717, 1.165) is 0 Å². The van der Waals surface area contributed by atoms with E-state index in [0.29, 0.717) is 0 Å². The normalized spacial score (nSPS) is 11.6. The van der Waals surface area contributed by atoms with Crippen molar-refractivity contribution in [1.82, 2.24) is 0 Å². The van der Waals surface area contributed by atoms with Crippen LogP contribution in [0.2, 0.25) is 0 Å². The topological polar surface area (TPSA) is 0 Å². The van der Waals surface area contributed by atoms with Crippen LogP contribution >= 0.6 is 0 Å². The summed E-state index contributed by atoms with van der Waals surface area (Å²) in [5.74, 6) is 0. The third-order valence-electron chi connectivity index (χ3n) is 10.4. The van der Waals surface area contributed by atoms with Gasteiger partial charge in [-0.05, 0) is 111 Å². The number of hydrogen-bond donors (Lipinski definition) is 0. The summed E-state index contributed by atoms with van der Waals surface area (Å²) in [7, 11) is 0. The fourth-order valence-electron chi connectivity index (χ4n) is 8.16. The molecule has 0 aromatic heterocycles. The van der Waals surface area contributed by atoms with Crippen LogP contribution in [-0.4, -0.2) is 0 Å². The zero-order valence-electron chi connectivity index (χ0n) is 27.5. The third kappa shape index (κ3) is 4.54. The van der Waals surface area contributed by atoms with E-state index < -0.39 is 0 Å². The summed E-state index contributed by atoms with van der Waals surface area (Å²) in [6, 6.07) is 71.3. The van der Waals surface area contributed by atoms with E-state index in [9.17, 15) is 0 Å². The standard InChI is InChI=1S/C50H32/c1-2-13-33(14-3-1)39-16-6-7-18-41(39)37-27-25-36-32-38(28-26-35(36)31-37)49-45-19-8-10-21-47(45)50(48-22-11-9-20-46(48)49)44-24-12-23-42-40-17-5-4-15-34(40)29-30-43(42)44/h1-32H. The predicted molar refractivity (Wildman–Crippen MR) is 216 cm³/mol. The van der Waals surface area contributed by atoms with E-state index in [2.05, 4.69) is 194 Å². The van der Waals surface area contributed by atoms with Gasteiger partial charge < -0.3 is 0 Å². The van der Waals surface area contributed by atoms with Crippen molar-refractivity contribution in [2.45, 2.75) is 0 Å². The summed E-state index contributed by atoms with van der Waals surface area (Å²) in [5, 5.41) is 12.7. The molecule has 0 fully saturated rings. The van der Waals surface area contributed by atoms with E-state index in [4.69, 9.17) is 0 Å². The molecule has 0 atom stereocenters. The smallest absolute Gasteiger partial charge is 0.00201 e. The van der Waals surface area contributed by atoms with E-state index >= 15 is 0 Å². The van der Waals surface area contributed by atoms with Crippen LogP contribution in [0.5, 0.6) is 0 Å². The average Bonchev–Trinajstić information content (AvgIpc) is 3.19. The molecule has 50 heavy (non-hydrogen) atoms. The Morgan fingerprint density at radius 1 is 0.200 bits per heavy atom. The highest BCUT2D eigenvalue weighted by Gasteiger charge is 2.18. The summed E-state index contributed by atoms with van der Waals surface area (Å²) in [4.78, 5) is 0. The zero-order chi connectivity index (χ0) is 33.0. The molecule has 10 rings (SSSR count). The number of rotatable bonds is 4. The average molecular weight is 633 g/mol. The van der Waals surface area contributed by atoms with E-state index in [-0.39, 0.29) is 0 Å². The van der Waals surface area contributed by atoms with Gasteiger partial charge in [0.25, 0.3) is 0 Å². The second-order valence-electron chi connectivity index (χ2n) is 13.2. The molecule has 232 valence electrons. The highest BCUT2D eigenvalue weighted by molar-refractivity contribution is 6.25. The van der Waals surface area contributed by atoms with Crippen molar-refractivity contribution in [2.75, 3.05) is 0 Å². The predicted octanol–water partition coefficient (Wildman–Crippen LogP) is 14.1. The van der Waals surface area contributed by atoms with Crippen LogP contribution in [0, 0.1) is 0 Å². The molecule has 0 aliphatic carbocycles. The molecule has 0 bridgehead atoms. The van der Waals surface area contributed by atoms with Crippen LogP contribution in [-0.2, 0) is 0 Å². The molecular formula is C50H32. The lowest BCUT2D eigenvalue weighted by molar-refractivity contribution is 1.59. The molecule has 10 aromatic carbocycles. The molecule has 0 N–H and O–H groups in total. The molecule has 0 unspecified atom stereocenters. The molecule has 0 spiro atoms. The summed E-state index contributed by atoms with van der Waals surface area (Å²) in [6.45, 7) is 0. The molecule has 0 aliphatic heterocycles. The monoisotopic (exact) mass is 632 g/mol. The second-order valence-corrected chi connectivity index (χ2v) is 13.2. The largest absolute Gasteiger partial charge is 0.0622 e. The van der Waals surface area contributed by atoms with Crippen molar-refractivity contribution in [1.29, 1.82) is 0 Å². The van der Waals surface area contributed by atoms with Gasteiger partial charge in [0.1, 0.15) is 0 Å². The van der Waals surface area contributed by atoms with Crippen molar-refractivity contribution in [2.24, 2.45) is 0 Å². The van der Waals surface area contributed by atoms with Crippen LogP contribution in [0.3, 0.4) is 0 Å². The van der Waals surface area contributed by atoms with Gasteiger partial charge in [0.2, 0.25) is 0 Å². The number of fused-ring (bicyclic) bond motifs is 6. The summed E-state index contributed by atoms with van der Waals surface area (Å²) in [6.07, 6.45) is 0. The first-order valence-electron chi connectivity index (χ1n) is 17.4. The zero-order valence-corrected chi connectivity index (χ0v) is 27.5. The highest BCUT2D eigenvalue weighted by atomic mass is 14.2. The van der Waals surface area contributed by atoms with Gasteiger partial charge in [-0.1, -0.05) is 182 Å². The minimum atomic E-state index is 1.23. The first-order valence-corrected chi connectivity index (χ1v) is 17.4. The van der Waals surface area contributed by atoms with E-state index in [1.165, 1.54) is 98.4 Å². The molecule has 0 saturated carbocycles. The fraction of sp³-hybridized carbons (Fsp3) is 0. The van der Waals surface area contributed by atoms with Crippen LogP contribution in [0.4, 0.5) is 0 Å². The Morgan fingerprint density at radius 2 is 0.680 bits per heavy atom. The van der Waals surface area contributed by atoms with Crippen molar-refractivity contribution < 1.29 is 0 Å². The van der Waals surface area contributed by atoms with Gasteiger partial charge in [-0.15, -0.1) is 0 Å². The molecule has 0 radical (unpaired) electrons. The lowest BCUT2D eigenvalue weighted by Gasteiger charge is -2.19. The summed E-state index contributed by atoms with van der Waals surface area (Å²) in [5.41, 5.74) is 10.0. The molecule has 10 aromatic rings. The highest BCUT2D eigenvalue weighted by Crippen LogP contribution is 2.46. The third-order valence-corrected chi connectivity index (χ3v) is 10.4. The SMILES string of the molecule is c1ccc(-c2ccccc2-c2ccc3cc(-c4c5ccccc5c(-c5cccc6c5ccc5ccccc56)c5ccccc45)ccc3c2)cc1. The molecule has 0 heterocycles. The van der Waals surface area contributed by atoms with Crippen molar-refractivity contribution in [3.05, 3.63) is 194 Å². The number of hydrogen-bond acceptors (Lipinski definition) is 0. The summed E-state index contributed by atoms with van der Waals surface area (Å²) < 4.78 is 0. The lowest BCUT2D eigenvalue weighted by atomic mass is 9.84. The maximum absolute atomic E-state index is 2.38. The Morgan fingerprint density at radius 3 is 1.38 bits per heavy atom. The lowest BCUT2D eigenvalue weighted by Crippen LogP contribution is -1.92. The minimum absolute atomic E-state index is 1.23. The Labute approximate surface area is 291 Å². The van der Waals surface area contributed by atoms with Gasteiger partial charge in [0.15, 0.2) is 0 Å². The van der Waals surface area contributed by atoms with Crippen molar-refractivity contribution >= 4 is 53.9 Å². The van der Waals surface area contributed by atoms with Crippen LogP contribution in [0.15, 0.2) is 194 Å². The Balaban J connectivity index is 1.17. The van der Waals surface area contributed by atoms with Crippen molar-refractivity contribution in [3.63, 3.8) is 0 Å². The fourth-order valence-corrected chi connectivity index (χ4v) is 8.16. The van der Waals surface area contributed by atoms with Crippen LogP contribution < -0.4 is 0 Å². The first kappa shape index (κ1) is 28.5. The molecule has 0 saturated heterocycles. The minimum Gasteiger partial charge on any atom is -0.0622 e. The van der Waals surface area contributed by atoms with Crippen LogP contribution in [0.1, 0.15) is 0 Å². The second kappa shape index (κ2) is 11.6. The van der Waals surface area contributed by atoms with E-state index in [1.807, 2.05) is 0 Å². The molecule has 0 nitrogen and oxygen atoms in total. The molecular weight excluding hydrogens is 601 g/mol. The summed E-state index contributed by atoms with van der Waals surface area (Å²) >= 11 is 0. The Kier molecular flexibility index (Phi) is 6.60. The van der Waals surface area contributed by atoms with Gasteiger partial charge in [0.05, 0.1) is 0 Å². The van der Waals surface area contributed by atoms with E-state index in [1.54, 1.807) is 0 Å². The van der Waals surface area contributed by atoms with Gasteiger partial charge >= 0.3 is 0 Å². The van der Waals surface area contributed by atoms with Gasteiger partial charge in [-0.25, -0.2) is 0 Å². The molecule has 0 heteroatoms. The maximum atomic E-state index is 2.38. The first-order chi connectivity index (χ1) is 24.8. The molecule has 0 aliphatic rings. The van der Waals surface area contributed by atoms with Crippen molar-refractivity contribution in [3.8, 4) is 44.5 Å². The molecule has 0 amide bonds. The van der Waals surface area contributed by atoms with Gasteiger partial charge in [0, 0.05) is 0 Å². The quantitative estimate of drug-likeness (QED) is 0.134. The van der Waals surface area contributed by atoms with Gasteiger partial charge in [-0.3, -0.25) is 0 Å². The van der Waals surface area contributed by atoms with Crippen LogP contribution in [0.25, 0.3) is 98.4 Å². The van der Waals surface area contributed by atoms with Gasteiger partial charge in [-0.2, -0.15) is 0 Å².